The van der Waals surface area contributed by atoms with Crippen molar-refractivity contribution in [1.29, 1.82) is 0 Å². The summed E-state index contributed by atoms with van der Waals surface area (Å²) in [4.78, 5) is 0. The lowest BCUT2D eigenvalue weighted by Crippen LogP contribution is -2.25. The molecule has 0 saturated heterocycles. The third kappa shape index (κ3) is 1.76. The van der Waals surface area contributed by atoms with Gasteiger partial charge in [0.05, 0.1) is 0 Å². The molecule has 1 nitrogen and oxygen atoms in total. The Bertz CT molecular complexity index is 373. The van der Waals surface area contributed by atoms with Gasteiger partial charge in [-0.25, -0.2) is 0 Å². The molecule has 1 aromatic rings. The minimum absolute atomic E-state index is 0.215. The van der Waals surface area contributed by atoms with Gasteiger partial charge in [0, 0.05) is 11.1 Å². The molecule has 0 aromatic heterocycles. The summed E-state index contributed by atoms with van der Waals surface area (Å²) < 4.78 is 0. The van der Waals surface area contributed by atoms with Crippen LogP contribution < -0.4 is 5.73 Å². The first-order valence-corrected chi connectivity index (χ1v) is 6.63. The van der Waals surface area contributed by atoms with Crippen LogP contribution in [0.5, 0.6) is 0 Å². The van der Waals surface area contributed by atoms with Crippen LogP contribution in [0.2, 0.25) is 5.02 Å². The Kier molecular flexibility index (Phi) is 2.68. The highest BCUT2D eigenvalue weighted by Crippen LogP contribution is 2.51. The van der Waals surface area contributed by atoms with Gasteiger partial charge in [0.2, 0.25) is 0 Å². The van der Waals surface area contributed by atoms with Crippen LogP contribution in [0, 0.1) is 17.8 Å². The number of hydrogen-bond acceptors (Lipinski definition) is 1. The van der Waals surface area contributed by atoms with Crippen LogP contribution in [0.15, 0.2) is 24.3 Å². The molecular weight excluding hydrogens is 218 g/mol. The quantitative estimate of drug-likeness (QED) is 0.830. The molecule has 4 atom stereocenters. The van der Waals surface area contributed by atoms with Crippen molar-refractivity contribution in [3.05, 3.63) is 34.9 Å². The molecule has 86 valence electrons. The molecule has 0 spiro atoms. The summed E-state index contributed by atoms with van der Waals surface area (Å²) in [6, 6.07) is 8.28. The Morgan fingerprint density at radius 1 is 1.12 bits per heavy atom. The number of fused-ring (bicyclic) bond motifs is 2. The summed E-state index contributed by atoms with van der Waals surface area (Å²) in [6.45, 7) is 0. The van der Waals surface area contributed by atoms with Gasteiger partial charge in [-0.05, 0) is 54.7 Å². The topological polar surface area (TPSA) is 26.0 Å². The normalized spacial score (nSPS) is 34.2. The zero-order valence-corrected chi connectivity index (χ0v) is 10.2. The van der Waals surface area contributed by atoms with E-state index < -0.39 is 0 Å². The highest BCUT2D eigenvalue weighted by molar-refractivity contribution is 6.30. The van der Waals surface area contributed by atoms with Crippen molar-refractivity contribution in [3.8, 4) is 0 Å². The van der Waals surface area contributed by atoms with Gasteiger partial charge >= 0.3 is 0 Å². The van der Waals surface area contributed by atoms with Crippen molar-refractivity contribution >= 4 is 11.6 Å². The van der Waals surface area contributed by atoms with E-state index in [0.717, 1.165) is 16.9 Å². The monoisotopic (exact) mass is 235 g/mol. The maximum Gasteiger partial charge on any atom is 0.0406 e. The van der Waals surface area contributed by atoms with Crippen LogP contribution in [0.3, 0.4) is 0 Å². The molecule has 0 amide bonds. The summed E-state index contributed by atoms with van der Waals surface area (Å²) in [6.07, 6.45) is 5.60. The van der Waals surface area contributed by atoms with Crippen LogP contribution in [0.25, 0.3) is 0 Å². The summed E-state index contributed by atoms with van der Waals surface area (Å²) in [5.74, 6) is 2.56. The van der Waals surface area contributed by atoms with E-state index in [-0.39, 0.29) is 6.04 Å². The molecule has 4 unspecified atom stereocenters. The highest BCUT2D eigenvalue weighted by atomic mass is 35.5. The molecule has 2 aliphatic rings. The van der Waals surface area contributed by atoms with Crippen molar-refractivity contribution in [2.24, 2.45) is 23.5 Å². The van der Waals surface area contributed by atoms with E-state index in [0.29, 0.717) is 5.92 Å². The van der Waals surface area contributed by atoms with Crippen molar-refractivity contribution < 1.29 is 0 Å². The van der Waals surface area contributed by atoms with Crippen molar-refractivity contribution in [3.63, 3.8) is 0 Å². The van der Waals surface area contributed by atoms with Crippen molar-refractivity contribution in [2.45, 2.75) is 31.7 Å². The molecule has 16 heavy (non-hydrogen) atoms. The van der Waals surface area contributed by atoms with E-state index in [1.54, 1.807) is 0 Å². The maximum absolute atomic E-state index is 6.39. The van der Waals surface area contributed by atoms with Crippen LogP contribution >= 0.6 is 11.6 Å². The second kappa shape index (κ2) is 4.05. The number of halogens is 1. The number of benzene rings is 1. The molecule has 0 radical (unpaired) electrons. The van der Waals surface area contributed by atoms with E-state index in [1.807, 2.05) is 12.1 Å². The lowest BCUT2D eigenvalue weighted by atomic mass is 9.81. The fourth-order valence-electron chi connectivity index (χ4n) is 3.67. The molecule has 2 bridgehead atoms. The second-order valence-corrected chi connectivity index (χ2v) is 5.85. The van der Waals surface area contributed by atoms with Gasteiger partial charge in [0.15, 0.2) is 0 Å². The van der Waals surface area contributed by atoms with Crippen LogP contribution in [0.4, 0.5) is 0 Å². The van der Waals surface area contributed by atoms with Gasteiger partial charge in [0.25, 0.3) is 0 Å². The maximum atomic E-state index is 6.39. The largest absolute Gasteiger partial charge is 0.324 e. The molecule has 2 N–H and O–H groups in total. The number of nitrogens with two attached hydrogens (primary N) is 1. The Balaban J connectivity index is 1.77. The average Bonchev–Trinajstić information content (AvgIpc) is 2.91. The standard InChI is InChI=1S/C14H18ClN/c15-12-5-3-10(4-6-12)14(16)13-8-9-1-2-11(13)7-9/h3-6,9,11,13-14H,1-2,7-8,16H2. The zero-order valence-electron chi connectivity index (χ0n) is 9.40. The molecule has 2 fully saturated rings. The smallest absolute Gasteiger partial charge is 0.0406 e. The summed E-state index contributed by atoms with van der Waals surface area (Å²) in [7, 11) is 0. The summed E-state index contributed by atoms with van der Waals surface area (Å²) in [5.41, 5.74) is 7.65. The van der Waals surface area contributed by atoms with E-state index in [4.69, 9.17) is 17.3 Å². The minimum Gasteiger partial charge on any atom is -0.324 e. The predicted molar refractivity (Wildman–Crippen MR) is 67.3 cm³/mol. The average molecular weight is 236 g/mol. The van der Waals surface area contributed by atoms with Crippen LogP contribution in [0.1, 0.15) is 37.3 Å². The van der Waals surface area contributed by atoms with E-state index in [2.05, 4.69) is 12.1 Å². The summed E-state index contributed by atoms with van der Waals surface area (Å²) >= 11 is 5.90. The van der Waals surface area contributed by atoms with Crippen molar-refractivity contribution in [2.75, 3.05) is 0 Å². The van der Waals surface area contributed by atoms with E-state index in [1.165, 1.54) is 31.2 Å². The summed E-state index contributed by atoms with van der Waals surface area (Å²) in [5, 5.41) is 0.795. The Hall–Kier alpha value is -0.530. The second-order valence-electron chi connectivity index (χ2n) is 5.42. The van der Waals surface area contributed by atoms with Crippen LogP contribution in [-0.2, 0) is 0 Å². The number of rotatable bonds is 2. The van der Waals surface area contributed by atoms with Gasteiger partial charge in [-0.2, -0.15) is 0 Å². The molecule has 1 aromatic carbocycles. The minimum atomic E-state index is 0.215. The molecular formula is C14H18ClN. The molecule has 2 heteroatoms. The van der Waals surface area contributed by atoms with Gasteiger partial charge < -0.3 is 5.73 Å². The fraction of sp³-hybridized carbons (Fsp3) is 0.571. The molecule has 3 rings (SSSR count). The van der Waals surface area contributed by atoms with Gasteiger partial charge in [-0.1, -0.05) is 30.2 Å². The first-order chi connectivity index (χ1) is 7.74. The van der Waals surface area contributed by atoms with E-state index >= 15 is 0 Å². The fourth-order valence-corrected chi connectivity index (χ4v) is 3.79. The molecule has 2 saturated carbocycles. The molecule has 0 aliphatic heterocycles. The lowest BCUT2D eigenvalue weighted by Gasteiger charge is -2.28. The third-order valence-corrected chi connectivity index (χ3v) is 4.76. The van der Waals surface area contributed by atoms with Gasteiger partial charge in [-0.15, -0.1) is 0 Å². The molecule has 0 heterocycles. The van der Waals surface area contributed by atoms with Crippen LogP contribution in [-0.4, -0.2) is 0 Å². The predicted octanol–water partition coefficient (Wildman–Crippen LogP) is 3.78. The number of hydrogen-bond donors (Lipinski definition) is 1. The zero-order chi connectivity index (χ0) is 11.1. The third-order valence-electron chi connectivity index (χ3n) is 4.51. The van der Waals surface area contributed by atoms with Gasteiger partial charge in [-0.3, -0.25) is 0 Å². The lowest BCUT2D eigenvalue weighted by molar-refractivity contribution is 0.284. The highest BCUT2D eigenvalue weighted by Gasteiger charge is 2.42. The first kappa shape index (κ1) is 10.6. The molecule has 2 aliphatic carbocycles. The first-order valence-electron chi connectivity index (χ1n) is 6.25. The SMILES string of the molecule is NC(c1ccc(Cl)cc1)C1CC2CCC1C2. The van der Waals surface area contributed by atoms with Crippen molar-refractivity contribution in [1.82, 2.24) is 0 Å². The Morgan fingerprint density at radius 2 is 1.88 bits per heavy atom. The Labute approximate surface area is 102 Å². The Morgan fingerprint density at radius 3 is 2.44 bits per heavy atom. The van der Waals surface area contributed by atoms with Gasteiger partial charge in [0.1, 0.15) is 0 Å². The van der Waals surface area contributed by atoms with E-state index in [9.17, 15) is 0 Å².